The number of hydrogen-bond donors (Lipinski definition) is 2. The van der Waals surface area contributed by atoms with Crippen LogP contribution < -0.4 is 5.32 Å². The van der Waals surface area contributed by atoms with Crippen LogP contribution >= 0.6 is 15.9 Å². The van der Waals surface area contributed by atoms with Crippen molar-refractivity contribution < 1.29 is 9.50 Å². The van der Waals surface area contributed by atoms with Crippen molar-refractivity contribution in [1.82, 2.24) is 5.32 Å². The highest BCUT2D eigenvalue weighted by molar-refractivity contribution is 9.10. The molecule has 0 radical (unpaired) electrons. The number of rotatable bonds is 4. The molecule has 3 atom stereocenters. The number of nitrogens with one attached hydrogen (secondary N) is 1. The smallest absolute Gasteiger partial charge is 0.129 e. The highest BCUT2D eigenvalue weighted by Gasteiger charge is 2.21. The van der Waals surface area contributed by atoms with Gasteiger partial charge in [-0.25, -0.2) is 4.39 Å². The van der Waals surface area contributed by atoms with E-state index in [1.807, 2.05) is 19.1 Å². The maximum Gasteiger partial charge on any atom is 0.129 e. The van der Waals surface area contributed by atoms with Crippen LogP contribution in [0.4, 0.5) is 4.39 Å². The molecule has 0 amide bonds. The van der Waals surface area contributed by atoms with Crippen molar-refractivity contribution in [3.05, 3.63) is 34.1 Å². The normalized spacial score (nSPS) is 25.3. The van der Waals surface area contributed by atoms with Gasteiger partial charge in [-0.05, 0) is 50.8 Å². The molecule has 19 heavy (non-hydrogen) atoms. The molecule has 1 fully saturated rings. The Morgan fingerprint density at radius 3 is 2.95 bits per heavy atom. The van der Waals surface area contributed by atoms with Crippen molar-refractivity contribution in [3.63, 3.8) is 0 Å². The standard InChI is InChI=1S/C15H21BrFNO/c1-10(14-6-5-12(16)8-15(14)17)18-9-11-3-2-4-13(19)7-11/h5-6,8,10-11,13,18-19H,2-4,7,9H2,1H3. The van der Waals surface area contributed by atoms with Crippen LogP contribution in [0.1, 0.15) is 44.2 Å². The Labute approximate surface area is 122 Å². The SMILES string of the molecule is CC(NCC1CCCC(O)C1)c1ccc(Br)cc1F. The first kappa shape index (κ1) is 14.9. The van der Waals surface area contributed by atoms with Gasteiger partial charge in [0.1, 0.15) is 5.82 Å². The first-order valence-electron chi connectivity index (χ1n) is 6.92. The Morgan fingerprint density at radius 2 is 2.26 bits per heavy atom. The van der Waals surface area contributed by atoms with E-state index in [2.05, 4.69) is 21.2 Å². The summed E-state index contributed by atoms with van der Waals surface area (Å²) in [5.41, 5.74) is 0.694. The van der Waals surface area contributed by atoms with Gasteiger partial charge in [-0.3, -0.25) is 0 Å². The molecule has 0 saturated heterocycles. The Morgan fingerprint density at radius 1 is 1.47 bits per heavy atom. The summed E-state index contributed by atoms with van der Waals surface area (Å²) in [6.45, 7) is 2.82. The molecule has 2 nitrogen and oxygen atoms in total. The van der Waals surface area contributed by atoms with Crippen molar-refractivity contribution in [2.45, 2.75) is 44.8 Å². The number of benzene rings is 1. The first-order chi connectivity index (χ1) is 9.06. The van der Waals surface area contributed by atoms with Crippen molar-refractivity contribution in [3.8, 4) is 0 Å². The van der Waals surface area contributed by atoms with E-state index in [-0.39, 0.29) is 18.0 Å². The van der Waals surface area contributed by atoms with E-state index in [9.17, 15) is 9.50 Å². The average molecular weight is 330 g/mol. The summed E-state index contributed by atoms with van der Waals surface area (Å²) in [7, 11) is 0. The van der Waals surface area contributed by atoms with Crippen molar-refractivity contribution in [1.29, 1.82) is 0 Å². The van der Waals surface area contributed by atoms with Gasteiger partial charge in [0.2, 0.25) is 0 Å². The lowest BCUT2D eigenvalue weighted by Crippen LogP contribution is -2.31. The minimum atomic E-state index is -0.182. The summed E-state index contributed by atoms with van der Waals surface area (Å²) in [5.74, 6) is 0.322. The van der Waals surface area contributed by atoms with Crippen LogP contribution in [0.5, 0.6) is 0 Å². The largest absolute Gasteiger partial charge is 0.393 e. The Hall–Kier alpha value is -0.450. The molecular weight excluding hydrogens is 309 g/mol. The lowest BCUT2D eigenvalue weighted by Gasteiger charge is -2.27. The molecule has 0 aromatic heterocycles. The van der Waals surface area contributed by atoms with Crippen LogP contribution in [0.2, 0.25) is 0 Å². The highest BCUT2D eigenvalue weighted by Crippen LogP contribution is 2.25. The van der Waals surface area contributed by atoms with E-state index < -0.39 is 0 Å². The van der Waals surface area contributed by atoms with Gasteiger partial charge in [0.05, 0.1) is 6.10 Å². The topological polar surface area (TPSA) is 32.3 Å². The number of hydrogen-bond acceptors (Lipinski definition) is 2. The zero-order valence-electron chi connectivity index (χ0n) is 11.2. The van der Waals surface area contributed by atoms with Crippen LogP contribution in [-0.2, 0) is 0 Å². The quantitative estimate of drug-likeness (QED) is 0.880. The fourth-order valence-electron chi connectivity index (χ4n) is 2.75. The van der Waals surface area contributed by atoms with Crippen LogP contribution in [0.25, 0.3) is 0 Å². The lowest BCUT2D eigenvalue weighted by atomic mass is 9.87. The zero-order valence-corrected chi connectivity index (χ0v) is 12.8. The molecule has 0 bridgehead atoms. The Kier molecular flexibility index (Phi) is 5.37. The third-order valence-corrected chi connectivity index (χ3v) is 4.39. The lowest BCUT2D eigenvalue weighted by molar-refractivity contribution is 0.0997. The number of aliphatic hydroxyl groups excluding tert-OH is 1. The maximum atomic E-state index is 13.8. The molecule has 1 aromatic rings. The zero-order chi connectivity index (χ0) is 13.8. The number of halogens is 2. The second-order valence-corrected chi connectivity index (χ2v) is 6.40. The highest BCUT2D eigenvalue weighted by atomic mass is 79.9. The molecule has 1 aromatic carbocycles. The van der Waals surface area contributed by atoms with Crippen LogP contribution in [0.15, 0.2) is 22.7 Å². The molecule has 1 aliphatic rings. The van der Waals surface area contributed by atoms with Gasteiger partial charge in [0.15, 0.2) is 0 Å². The van der Waals surface area contributed by atoms with Gasteiger partial charge in [-0.2, -0.15) is 0 Å². The molecule has 0 aliphatic heterocycles. The van der Waals surface area contributed by atoms with Gasteiger partial charge in [0, 0.05) is 16.1 Å². The summed E-state index contributed by atoms with van der Waals surface area (Å²) >= 11 is 3.27. The third kappa shape index (κ3) is 4.26. The molecule has 4 heteroatoms. The molecule has 106 valence electrons. The minimum absolute atomic E-state index is 0.00725. The van der Waals surface area contributed by atoms with Gasteiger partial charge in [-0.15, -0.1) is 0 Å². The third-order valence-electron chi connectivity index (χ3n) is 3.90. The predicted octanol–water partition coefficient (Wildman–Crippen LogP) is 3.79. The van der Waals surface area contributed by atoms with Crippen molar-refractivity contribution in [2.75, 3.05) is 6.54 Å². The number of aliphatic hydroxyl groups is 1. The second-order valence-electron chi connectivity index (χ2n) is 5.48. The fourth-order valence-corrected chi connectivity index (χ4v) is 3.09. The van der Waals surface area contributed by atoms with E-state index >= 15 is 0 Å². The maximum absolute atomic E-state index is 13.8. The molecule has 3 unspecified atom stereocenters. The van der Waals surface area contributed by atoms with Crippen LogP contribution in [0, 0.1) is 11.7 Å². The van der Waals surface area contributed by atoms with Crippen LogP contribution in [0.3, 0.4) is 0 Å². The summed E-state index contributed by atoms with van der Waals surface area (Å²) in [6, 6.07) is 5.17. The van der Waals surface area contributed by atoms with E-state index in [0.717, 1.165) is 36.7 Å². The van der Waals surface area contributed by atoms with Crippen molar-refractivity contribution >= 4 is 15.9 Å². The van der Waals surface area contributed by atoms with E-state index in [4.69, 9.17) is 0 Å². The van der Waals surface area contributed by atoms with Gasteiger partial charge in [0.25, 0.3) is 0 Å². The minimum Gasteiger partial charge on any atom is -0.393 e. The van der Waals surface area contributed by atoms with Gasteiger partial charge in [-0.1, -0.05) is 28.4 Å². The molecule has 2 rings (SSSR count). The summed E-state index contributed by atoms with van der Waals surface area (Å²) in [6.07, 6.45) is 3.88. The Balaban J connectivity index is 1.88. The first-order valence-corrected chi connectivity index (χ1v) is 7.72. The summed E-state index contributed by atoms with van der Waals surface area (Å²) in [4.78, 5) is 0. The fraction of sp³-hybridized carbons (Fsp3) is 0.600. The van der Waals surface area contributed by atoms with E-state index in [1.54, 1.807) is 0 Å². The summed E-state index contributed by atoms with van der Waals surface area (Å²) in [5, 5.41) is 13.0. The van der Waals surface area contributed by atoms with Crippen LogP contribution in [-0.4, -0.2) is 17.8 Å². The summed E-state index contributed by atoms with van der Waals surface area (Å²) < 4.78 is 14.6. The second kappa shape index (κ2) is 6.82. The Bertz CT molecular complexity index is 427. The van der Waals surface area contributed by atoms with Crippen molar-refractivity contribution in [2.24, 2.45) is 5.92 Å². The average Bonchev–Trinajstić information content (AvgIpc) is 2.36. The van der Waals surface area contributed by atoms with Gasteiger partial charge < -0.3 is 10.4 Å². The van der Waals surface area contributed by atoms with Gasteiger partial charge >= 0.3 is 0 Å². The predicted molar refractivity (Wildman–Crippen MR) is 78.5 cm³/mol. The monoisotopic (exact) mass is 329 g/mol. The molecule has 1 aliphatic carbocycles. The molecule has 0 heterocycles. The van der Waals surface area contributed by atoms with E-state index in [0.29, 0.717) is 11.5 Å². The molecule has 1 saturated carbocycles. The van der Waals surface area contributed by atoms with E-state index in [1.165, 1.54) is 6.07 Å². The molecular formula is C15H21BrFNO. The molecule has 2 N–H and O–H groups in total. The molecule has 0 spiro atoms.